The fourth-order valence-corrected chi connectivity index (χ4v) is 4.40. The fraction of sp³-hybridized carbons (Fsp3) is 1.00. The summed E-state index contributed by atoms with van der Waals surface area (Å²) in [6.45, 7) is 6.16. The van der Waals surface area contributed by atoms with E-state index in [1.807, 2.05) is 0 Å². The summed E-state index contributed by atoms with van der Waals surface area (Å²) in [7, 11) is 4.52. The van der Waals surface area contributed by atoms with Gasteiger partial charge in [-0.05, 0) is 64.0 Å². The molecule has 2 aliphatic rings. The highest BCUT2D eigenvalue weighted by Crippen LogP contribution is 2.32. The van der Waals surface area contributed by atoms with Crippen LogP contribution >= 0.6 is 0 Å². The van der Waals surface area contributed by atoms with Crippen molar-refractivity contribution in [3.8, 4) is 0 Å². The van der Waals surface area contributed by atoms with Gasteiger partial charge in [0.2, 0.25) is 0 Å². The van der Waals surface area contributed by atoms with Crippen LogP contribution in [0.5, 0.6) is 0 Å². The van der Waals surface area contributed by atoms with Crippen LogP contribution in [0.2, 0.25) is 0 Å². The summed E-state index contributed by atoms with van der Waals surface area (Å²) in [5, 5.41) is 3.56. The maximum absolute atomic E-state index is 3.56. The molecule has 0 aliphatic heterocycles. The van der Waals surface area contributed by atoms with Gasteiger partial charge in [-0.3, -0.25) is 0 Å². The van der Waals surface area contributed by atoms with E-state index in [2.05, 4.69) is 38.2 Å². The van der Waals surface area contributed by atoms with Gasteiger partial charge >= 0.3 is 0 Å². The highest BCUT2D eigenvalue weighted by Gasteiger charge is 2.30. The van der Waals surface area contributed by atoms with Crippen LogP contribution < -0.4 is 5.32 Å². The van der Waals surface area contributed by atoms with E-state index >= 15 is 0 Å². The minimum atomic E-state index is 0.750. The number of hydrogen-bond donors (Lipinski definition) is 1. The maximum Gasteiger partial charge on any atom is 0.0105 e. The first-order valence-corrected chi connectivity index (χ1v) is 8.47. The van der Waals surface area contributed by atoms with Gasteiger partial charge in [0.25, 0.3) is 0 Å². The van der Waals surface area contributed by atoms with Crippen LogP contribution in [0.15, 0.2) is 0 Å². The molecule has 2 fully saturated rings. The minimum Gasteiger partial charge on any atom is -0.317 e. The lowest BCUT2D eigenvalue weighted by Gasteiger charge is -2.41. The summed E-state index contributed by atoms with van der Waals surface area (Å²) in [6, 6.07) is 1.60. The zero-order valence-corrected chi connectivity index (χ0v) is 13.5. The first-order chi connectivity index (χ1) is 9.10. The molecule has 2 aliphatic carbocycles. The Morgan fingerprint density at radius 3 is 2.42 bits per heavy atom. The molecule has 0 bridgehead atoms. The molecule has 2 nitrogen and oxygen atoms in total. The fourth-order valence-electron chi connectivity index (χ4n) is 4.40. The van der Waals surface area contributed by atoms with Gasteiger partial charge in [0.15, 0.2) is 0 Å². The SMILES string of the molecule is CNC1CCC(C)CC1CN(C)C1CCCC(C)C1. The monoisotopic (exact) mass is 266 g/mol. The van der Waals surface area contributed by atoms with Gasteiger partial charge in [0.1, 0.15) is 0 Å². The van der Waals surface area contributed by atoms with E-state index in [0.717, 1.165) is 29.8 Å². The van der Waals surface area contributed by atoms with E-state index in [0.29, 0.717) is 0 Å². The second kappa shape index (κ2) is 7.08. The van der Waals surface area contributed by atoms with Gasteiger partial charge in [-0.1, -0.05) is 26.7 Å². The van der Waals surface area contributed by atoms with Crippen molar-refractivity contribution in [2.24, 2.45) is 17.8 Å². The lowest BCUT2D eigenvalue weighted by Crippen LogP contribution is -2.46. The van der Waals surface area contributed by atoms with Crippen LogP contribution in [-0.4, -0.2) is 37.6 Å². The van der Waals surface area contributed by atoms with Gasteiger partial charge in [0.05, 0.1) is 0 Å². The third-order valence-electron chi connectivity index (χ3n) is 5.67. The molecule has 19 heavy (non-hydrogen) atoms. The second-order valence-electron chi connectivity index (χ2n) is 7.44. The van der Waals surface area contributed by atoms with Crippen molar-refractivity contribution >= 4 is 0 Å². The molecular formula is C17H34N2. The van der Waals surface area contributed by atoms with Crippen molar-refractivity contribution in [3.63, 3.8) is 0 Å². The van der Waals surface area contributed by atoms with E-state index in [1.165, 1.54) is 51.5 Å². The molecule has 0 spiro atoms. The predicted octanol–water partition coefficient (Wildman–Crippen LogP) is 3.52. The molecule has 5 unspecified atom stereocenters. The Kier molecular flexibility index (Phi) is 5.70. The molecule has 0 heterocycles. The smallest absolute Gasteiger partial charge is 0.0105 e. The summed E-state index contributed by atoms with van der Waals surface area (Å²) in [4.78, 5) is 2.68. The van der Waals surface area contributed by atoms with Crippen molar-refractivity contribution in [1.82, 2.24) is 10.2 Å². The lowest BCUT2D eigenvalue weighted by atomic mass is 9.78. The molecule has 0 aromatic rings. The first-order valence-electron chi connectivity index (χ1n) is 8.47. The Bertz CT molecular complexity index is 266. The Morgan fingerprint density at radius 1 is 1.00 bits per heavy atom. The third-order valence-corrected chi connectivity index (χ3v) is 5.67. The molecule has 0 aromatic carbocycles. The molecule has 0 saturated heterocycles. The molecule has 0 amide bonds. The number of hydrogen-bond acceptors (Lipinski definition) is 2. The zero-order valence-electron chi connectivity index (χ0n) is 13.5. The number of nitrogens with zero attached hydrogens (tertiary/aromatic N) is 1. The molecule has 0 aromatic heterocycles. The second-order valence-corrected chi connectivity index (χ2v) is 7.44. The Balaban J connectivity index is 1.87. The molecule has 0 radical (unpaired) electrons. The van der Waals surface area contributed by atoms with Gasteiger partial charge in [-0.25, -0.2) is 0 Å². The average Bonchev–Trinajstić information content (AvgIpc) is 2.39. The van der Waals surface area contributed by atoms with Gasteiger partial charge in [0, 0.05) is 18.6 Å². The summed E-state index contributed by atoms with van der Waals surface area (Å²) in [5.74, 6) is 2.72. The molecular weight excluding hydrogens is 232 g/mol. The Morgan fingerprint density at radius 2 is 1.74 bits per heavy atom. The maximum atomic E-state index is 3.56. The summed E-state index contributed by atoms with van der Waals surface area (Å²) in [6.07, 6.45) is 9.93. The van der Waals surface area contributed by atoms with Gasteiger partial charge in [-0.15, -0.1) is 0 Å². The van der Waals surface area contributed by atoms with Crippen LogP contribution in [0, 0.1) is 17.8 Å². The van der Waals surface area contributed by atoms with E-state index < -0.39 is 0 Å². The van der Waals surface area contributed by atoms with E-state index in [1.54, 1.807) is 0 Å². The number of rotatable bonds is 4. The number of nitrogens with one attached hydrogen (secondary N) is 1. The van der Waals surface area contributed by atoms with Gasteiger partial charge < -0.3 is 10.2 Å². The van der Waals surface area contributed by atoms with E-state index in [9.17, 15) is 0 Å². The van der Waals surface area contributed by atoms with Crippen LogP contribution in [0.3, 0.4) is 0 Å². The summed E-state index contributed by atoms with van der Waals surface area (Å²) in [5.41, 5.74) is 0. The Labute approximate surface area is 120 Å². The van der Waals surface area contributed by atoms with Crippen molar-refractivity contribution in [3.05, 3.63) is 0 Å². The van der Waals surface area contributed by atoms with Crippen molar-refractivity contribution < 1.29 is 0 Å². The van der Waals surface area contributed by atoms with Crippen molar-refractivity contribution in [1.29, 1.82) is 0 Å². The third kappa shape index (κ3) is 4.19. The molecule has 5 atom stereocenters. The first kappa shape index (κ1) is 15.3. The highest BCUT2D eigenvalue weighted by molar-refractivity contribution is 4.86. The quantitative estimate of drug-likeness (QED) is 0.837. The summed E-state index contributed by atoms with van der Waals surface area (Å²) < 4.78 is 0. The van der Waals surface area contributed by atoms with Crippen LogP contribution in [0.4, 0.5) is 0 Å². The molecule has 112 valence electrons. The lowest BCUT2D eigenvalue weighted by molar-refractivity contribution is 0.108. The van der Waals surface area contributed by atoms with Gasteiger partial charge in [-0.2, -0.15) is 0 Å². The van der Waals surface area contributed by atoms with Crippen LogP contribution in [0.25, 0.3) is 0 Å². The van der Waals surface area contributed by atoms with Crippen LogP contribution in [-0.2, 0) is 0 Å². The van der Waals surface area contributed by atoms with E-state index in [-0.39, 0.29) is 0 Å². The standard InChI is InChI=1S/C17H34N2/c1-13-6-5-7-16(11-13)19(4)12-15-10-14(2)8-9-17(15)18-3/h13-18H,5-12H2,1-4H3. The highest BCUT2D eigenvalue weighted by atomic mass is 15.1. The van der Waals surface area contributed by atoms with Crippen molar-refractivity contribution in [2.75, 3.05) is 20.6 Å². The molecule has 2 rings (SSSR count). The van der Waals surface area contributed by atoms with Crippen molar-refractivity contribution in [2.45, 2.75) is 70.9 Å². The molecule has 1 N–H and O–H groups in total. The summed E-state index contributed by atoms with van der Waals surface area (Å²) >= 11 is 0. The normalized spacial score (nSPS) is 40.6. The Hall–Kier alpha value is -0.0800. The zero-order chi connectivity index (χ0) is 13.8. The van der Waals surface area contributed by atoms with E-state index in [4.69, 9.17) is 0 Å². The molecule has 2 saturated carbocycles. The molecule has 2 heteroatoms. The predicted molar refractivity (Wildman–Crippen MR) is 83.4 cm³/mol. The van der Waals surface area contributed by atoms with Crippen LogP contribution in [0.1, 0.15) is 58.8 Å². The minimum absolute atomic E-state index is 0.750. The largest absolute Gasteiger partial charge is 0.317 e. The average molecular weight is 266 g/mol. The topological polar surface area (TPSA) is 15.3 Å².